The first-order chi connectivity index (χ1) is 10.5. The van der Waals surface area contributed by atoms with Crippen LogP contribution in [0.4, 0.5) is 15.8 Å². The molecule has 0 radical (unpaired) electrons. The lowest BCUT2D eigenvalue weighted by Crippen LogP contribution is -2.39. The van der Waals surface area contributed by atoms with Gasteiger partial charge in [0.05, 0.1) is 5.69 Å². The Morgan fingerprint density at radius 1 is 1.23 bits per heavy atom. The Bertz CT molecular complexity index is 837. The Balaban J connectivity index is 2.08. The van der Waals surface area contributed by atoms with Crippen molar-refractivity contribution in [2.75, 3.05) is 16.8 Å². The molecule has 2 heterocycles. The molecule has 0 bridgehead atoms. The molecule has 1 N–H and O–H groups in total. The van der Waals surface area contributed by atoms with Crippen molar-refractivity contribution in [1.29, 1.82) is 0 Å². The van der Waals surface area contributed by atoms with E-state index in [0.29, 0.717) is 6.54 Å². The van der Waals surface area contributed by atoms with Crippen LogP contribution in [0.1, 0.15) is 6.92 Å². The third kappa shape index (κ3) is 2.52. The van der Waals surface area contributed by atoms with Gasteiger partial charge in [-0.3, -0.25) is 4.98 Å². The van der Waals surface area contributed by atoms with Gasteiger partial charge in [-0.25, -0.2) is 4.39 Å². The average molecular weight is 320 g/mol. The first kappa shape index (κ1) is 14.5. The Kier molecular flexibility index (Phi) is 3.53. The molecule has 1 aliphatic rings. The van der Waals surface area contributed by atoms with Crippen LogP contribution in [0.3, 0.4) is 0 Å². The molecule has 0 spiro atoms. The van der Waals surface area contributed by atoms with Crippen LogP contribution in [0.25, 0.3) is 0 Å². The van der Waals surface area contributed by atoms with Gasteiger partial charge in [-0.05, 0) is 37.3 Å². The maximum atomic E-state index is 13.4. The van der Waals surface area contributed by atoms with Gasteiger partial charge in [0.2, 0.25) is 5.96 Å². The second-order valence-electron chi connectivity index (χ2n) is 4.61. The number of fused-ring (bicyclic) bond motifs is 1. The number of hydrogen-bond acceptors (Lipinski definition) is 5. The fourth-order valence-electron chi connectivity index (χ4n) is 2.23. The van der Waals surface area contributed by atoms with E-state index in [4.69, 9.17) is 0 Å². The summed E-state index contributed by atoms with van der Waals surface area (Å²) in [6.45, 7) is 2.34. The topological polar surface area (TPSA) is 74.7 Å². The zero-order chi connectivity index (χ0) is 15.7. The maximum Gasteiger partial charge on any atom is 0.287 e. The SMILES string of the molecule is CCN(C1=NS(=O)(=O)c2ccc(F)cc2N1)c1ccncc1. The number of guanidine groups is 1. The molecule has 1 aliphatic heterocycles. The van der Waals surface area contributed by atoms with Crippen LogP contribution in [0.2, 0.25) is 0 Å². The molecule has 22 heavy (non-hydrogen) atoms. The minimum atomic E-state index is -3.87. The molecule has 114 valence electrons. The molecule has 0 unspecified atom stereocenters. The van der Waals surface area contributed by atoms with E-state index in [1.807, 2.05) is 6.92 Å². The molecule has 0 saturated carbocycles. The van der Waals surface area contributed by atoms with Gasteiger partial charge in [-0.1, -0.05) is 0 Å². The van der Waals surface area contributed by atoms with E-state index in [2.05, 4.69) is 14.7 Å². The Labute approximate surface area is 127 Å². The van der Waals surface area contributed by atoms with Crippen molar-refractivity contribution in [2.24, 2.45) is 4.40 Å². The van der Waals surface area contributed by atoms with E-state index in [9.17, 15) is 12.8 Å². The summed E-state index contributed by atoms with van der Waals surface area (Å²) in [4.78, 5) is 5.56. The van der Waals surface area contributed by atoms with Gasteiger partial charge in [-0.2, -0.15) is 8.42 Å². The van der Waals surface area contributed by atoms with Crippen molar-refractivity contribution in [3.8, 4) is 0 Å². The van der Waals surface area contributed by atoms with Gasteiger partial charge in [-0.15, -0.1) is 4.40 Å². The highest BCUT2D eigenvalue weighted by molar-refractivity contribution is 7.90. The fraction of sp³-hybridized carbons (Fsp3) is 0.143. The smallest absolute Gasteiger partial charge is 0.287 e. The largest absolute Gasteiger partial charge is 0.324 e. The maximum absolute atomic E-state index is 13.4. The van der Waals surface area contributed by atoms with Crippen LogP contribution in [-0.4, -0.2) is 25.9 Å². The van der Waals surface area contributed by atoms with Gasteiger partial charge in [0, 0.05) is 24.6 Å². The summed E-state index contributed by atoms with van der Waals surface area (Å²) in [5, 5.41) is 2.88. The third-order valence-electron chi connectivity index (χ3n) is 3.22. The van der Waals surface area contributed by atoms with Gasteiger partial charge in [0.15, 0.2) is 0 Å². The summed E-state index contributed by atoms with van der Waals surface area (Å²) in [5.74, 6) is -0.388. The monoisotopic (exact) mass is 320 g/mol. The normalized spacial score (nSPS) is 15.5. The number of pyridine rings is 1. The number of hydrogen-bond donors (Lipinski definition) is 1. The van der Waals surface area contributed by atoms with Gasteiger partial charge in [0.1, 0.15) is 10.7 Å². The number of nitrogens with zero attached hydrogens (tertiary/aromatic N) is 3. The molecular weight excluding hydrogens is 307 g/mol. The molecule has 2 aromatic rings. The quantitative estimate of drug-likeness (QED) is 0.918. The van der Waals surface area contributed by atoms with Gasteiger partial charge in [0.25, 0.3) is 10.0 Å². The molecule has 1 aromatic heterocycles. The number of anilines is 2. The first-order valence-corrected chi connectivity index (χ1v) is 8.04. The summed E-state index contributed by atoms with van der Waals surface area (Å²) in [7, 11) is -3.87. The van der Waals surface area contributed by atoms with Crippen molar-refractivity contribution >= 4 is 27.4 Å². The highest BCUT2D eigenvalue weighted by Gasteiger charge is 2.28. The highest BCUT2D eigenvalue weighted by Crippen LogP contribution is 2.29. The number of benzene rings is 1. The summed E-state index contributed by atoms with van der Waals surface area (Å²) in [5.41, 5.74) is 0.913. The standard InChI is InChI=1S/C14H13FN4O2S/c1-2-19(11-5-7-16-8-6-11)14-17-12-9-10(15)3-4-13(12)22(20,21)18-14/h3-9H,2H2,1H3,(H,17,18). The Morgan fingerprint density at radius 2 is 1.95 bits per heavy atom. The van der Waals surface area contributed by atoms with Crippen LogP contribution in [0.5, 0.6) is 0 Å². The molecule has 0 fully saturated rings. The molecule has 8 heteroatoms. The number of halogens is 1. The zero-order valence-electron chi connectivity index (χ0n) is 11.7. The third-order valence-corrected chi connectivity index (χ3v) is 4.54. The van der Waals surface area contributed by atoms with E-state index in [1.165, 1.54) is 6.07 Å². The second kappa shape index (κ2) is 5.38. The van der Waals surface area contributed by atoms with Crippen molar-refractivity contribution in [3.63, 3.8) is 0 Å². The fourth-order valence-corrected chi connectivity index (χ4v) is 3.32. The predicted octanol–water partition coefficient (Wildman–Crippen LogP) is 2.22. The average Bonchev–Trinajstić information content (AvgIpc) is 2.48. The van der Waals surface area contributed by atoms with E-state index in [-0.39, 0.29) is 16.5 Å². The molecular formula is C14H13FN4O2S. The lowest BCUT2D eigenvalue weighted by atomic mass is 10.3. The van der Waals surface area contributed by atoms with Crippen molar-refractivity contribution in [2.45, 2.75) is 11.8 Å². The van der Waals surface area contributed by atoms with Crippen LogP contribution < -0.4 is 10.2 Å². The van der Waals surface area contributed by atoms with Crippen molar-refractivity contribution in [3.05, 3.63) is 48.5 Å². The Morgan fingerprint density at radius 3 is 2.64 bits per heavy atom. The molecule has 1 aromatic carbocycles. The van der Waals surface area contributed by atoms with Gasteiger partial charge < -0.3 is 10.2 Å². The van der Waals surface area contributed by atoms with Crippen molar-refractivity contribution < 1.29 is 12.8 Å². The van der Waals surface area contributed by atoms with E-state index in [0.717, 1.165) is 17.8 Å². The molecule has 0 amide bonds. The highest BCUT2D eigenvalue weighted by atomic mass is 32.2. The van der Waals surface area contributed by atoms with Crippen LogP contribution in [-0.2, 0) is 10.0 Å². The first-order valence-electron chi connectivity index (χ1n) is 6.60. The van der Waals surface area contributed by atoms with E-state index in [1.54, 1.807) is 29.4 Å². The number of nitrogens with one attached hydrogen (secondary N) is 1. The van der Waals surface area contributed by atoms with E-state index >= 15 is 0 Å². The number of rotatable bonds is 2. The zero-order valence-corrected chi connectivity index (χ0v) is 12.5. The molecule has 0 saturated heterocycles. The summed E-state index contributed by atoms with van der Waals surface area (Å²) < 4.78 is 41.7. The number of sulfonamides is 1. The van der Waals surface area contributed by atoms with Crippen LogP contribution in [0, 0.1) is 5.82 Å². The predicted molar refractivity (Wildman–Crippen MR) is 81.9 cm³/mol. The minimum absolute atomic E-state index is 0.0385. The molecule has 6 nitrogen and oxygen atoms in total. The molecule has 0 atom stereocenters. The summed E-state index contributed by atoms with van der Waals surface area (Å²) >= 11 is 0. The second-order valence-corrected chi connectivity index (χ2v) is 6.18. The van der Waals surface area contributed by atoms with Crippen LogP contribution in [0.15, 0.2) is 52.0 Å². The van der Waals surface area contributed by atoms with Crippen LogP contribution >= 0.6 is 0 Å². The molecule has 0 aliphatic carbocycles. The van der Waals surface area contributed by atoms with Gasteiger partial charge >= 0.3 is 0 Å². The van der Waals surface area contributed by atoms with Crippen molar-refractivity contribution in [1.82, 2.24) is 4.98 Å². The lowest BCUT2D eigenvalue weighted by Gasteiger charge is -2.28. The minimum Gasteiger partial charge on any atom is -0.324 e. The Hall–Kier alpha value is -2.48. The van der Waals surface area contributed by atoms with E-state index < -0.39 is 15.8 Å². The number of aromatic nitrogens is 1. The summed E-state index contributed by atoms with van der Waals surface area (Å²) in [6.07, 6.45) is 3.20. The molecule has 3 rings (SSSR count). The summed E-state index contributed by atoms with van der Waals surface area (Å²) in [6, 6.07) is 6.92. The lowest BCUT2D eigenvalue weighted by molar-refractivity contribution is 0.596.